The topological polar surface area (TPSA) is 52.6 Å². The van der Waals surface area contributed by atoms with E-state index in [1.54, 1.807) is 0 Å². The molecule has 0 N–H and O–H groups in total. The van der Waals surface area contributed by atoms with Gasteiger partial charge in [0.1, 0.15) is 5.41 Å². The van der Waals surface area contributed by atoms with Crippen molar-refractivity contribution in [2.45, 2.75) is 20.3 Å². The number of cyclic esters (lactones) is 2. The summed E-state index contributed by atoms with van der Waals surface area (Å²) in [7, 11) is 1.51. The first-order valence-electron chi connectivity index (χ1n) is 4.27. The number of esters is 2. The minimum absolute atomic E-state index is 0.0476. The zero-order valence-corrected chi connectivity index (χ0v) is 8.12. The van der Waals surface area contributed by atoms with Crippen LogP contribution in [0, 0.1) is 11.3 Å². The van der Waals surface area contributed by atoms with Crippen LogP contribution in [-0.4, -0.2) is 25.7 Å². The molecule has 0 aliphatic carbocycles. The highest BCUT2D eigenvalue weighted by Gasteiger charge is 2.51. The summed E-state index contributed by atoms with van der Waals surface area (Å²) in [6.45, 7) is 4.02. The second kappa shape index (κ2) is 3.46. The molecule has 0 bridgehead atoms. The van der Waals surface area contributed by atoms with Gasteiger partial charge in [-0.2, -0.15) is 0 Å². The van der Waals surface area contributed by atoms with E-state index in [1.807, 2.05) is 13.8 Å². The number of rotatable bonds is 3. The lowest BCUT2D eigenvalue weighted by Crippen LogP contribution is -2.36. The molecule has 1 saturated heterocycles. The van der Waals surface area contributed by atoms with Crippen LogP contribution < -0.4 is 0 Å². The predicted octanol–water partition coefficient (Wildman–Crippen LogP) is 0.749. The number of methoxy groups -OCH3 is 1. The van der Waals surface area contributed by atoms with Gasteiger partial charge in [-0.3, -0.25) is 9.59 Å². The molecule has 13 heavy (non-hydrogen) atoms. The highest BCUT2D eigenvalue weighted by Crippen LogP contribution is 2.38. The van der Waals surface area contributed by atoms with Crippen molar-refractivity contribution >= 4 is 11.9 Å². The Morgan fingerprint density at radius 1 is 1.54 bits per heavy atom. The summed E-state index contributed by atoms with van der Waals surface area (Å²) in [4.78, 5) is 22.4. The molecule has 4 heteroatoms. The summed E-state index contributed by atoms with van der Waals surface area (Å²) >= 11 is 0. The Morgan fingerprint density at radius 2 is 2.15 bits per heavy atom. The molecule has 0 aromatic rings. The van der Waals surface area contributed by atoms with Crippen LogP contribution in [0.5, 0.6) is 0 Å². The van der Waals surface area contributed by atoms with Gasteiger partial charge in [0.05, 0.1) is 13.0 Å². The fourth-order valence-electron chi connectivity index (χ4n) is 1.54. The summed E-state index contributed by atoms with van der Waals surface area (Å²) in [5.74, 6) is -0.850. The quantitative estimate of drug-likeness (QED) is 0.482. The van der Waals surface area contributed by atoms with Gasteiger partial charge >= 0.3 is 11.9 Å². The maximum Gasteiger partial charge on any atom is 0.322 e. The van der Waals surface area contributed by atoms with Gasteiger partial charge in [-0.25, -0.2) is 0 Å². The summed E-state index contributed by atoms with van der Waals surface area (Å²) in [6, 6.07) is 0. The van der Waals surface area contributed by atoms with Crippen molar-refractivity contribution in [3.63, 3.8) is 0 Å². The largest absolute Gasteiger partial charge is 0.393 e. The van der Waals surface area contributed by atoms with Crippen molar-refractivity contribution in [1.82, 2.24) is 0 Å². The van der Waals surface area contributed by atoms with Crippen LogP contribution in [0.3, 0.4) is 0 Å². The van der Waals surface area contributed by atoms with Gasteiger partial charge in [-0.05, 0) is 5.92 Å². The van der Waals surface area contributed by atoms with Crippen molar-refractivity contribution in [2.75, 3.05) is 13.7 Å². The molecule has 4 nitrogen and oxygen atoms in total. The molecule has 1 heterocycles. The van der Waals surface area contributed by atoms with Crippen molar-refractivity contribution in [3.8, 4) is 0 Å². The molecule has 74 valence electrons. The predicted molar refractivity (Wildman–Crippen MR) is 44.9 cm³/mol. The number of carbonyl (C=O) groups excluding carboxylic acids is 2. The molecule has 1 rings (SSSR count). The number of hydrogen-bond acceptors (Lipinski definition) is 4. The molecule has 0 amide bonds. The van der Waals surface area contributed by atoms with E-state index in [0.717, 1.165) is 0 Å². The first kappa shape index (κ1) is 10.2. The molecule has 0 aromatic heterocycles. The second-order valence-corrected chi connectivity index (χ2v) is 3.68. The monoisotopic (exact) mass is 186 g/mol. The van der Waals surface area contributed by atoms with E-state index >= 15 is 0 Å². The Bertz CT molecular complexity index is 234. The maximum absolute atomic E-state index is 11.4. The Morgan fingerprint density at radius 3 is 2.46 bits per heavy atom. The van der Waals surface area contributed by atoms with Crippen molar-refractivity contribution in [3.05, 3.63) is 0 Å². The first-order valence-corrected chi connectivity index (χ1v) is 4.27. The summed E-state index contributed by atoms with van der Waals surface area (Å²) < 4.78 is 9.49. The van der Waals surface area contributed by atoms with Crippen LogP contribution in [0.4, 0.5) is 0 Å². The molecule has 0 spiro atoms. The molecule has 0 aromatic carbocycles. The summed E-state index contributed by atoms with van der Waals surface area (Å²) in [5, 5.41) is 0. The third-order valence-corrected chi connectivity index (χ3v) is 2.58. The van der Waals surface area contributed by atoms with Crippen molar-refractivity contribution < 1.29 is 19.1 Å². The average Bonchev–Trinajstić information content (AvgIpc) is 2.28. The number of ether oxygens (including phenoxy) is 2. The molecule has 1 fully saturated rings. The van der Waals surface area contributed by atoms with Gasteiger partial charge in [-0.15, -0.1) is 0 Å². The molecule has 0 saturated carbocycles. The normalized spacial score (nSPS) is 28.3. The van der Waals surface area contributed by atoms with Crippen molar-refractivity contribution in [1.29, 1.82) is 0 Å². The Labute approximate surface area is 77.2 Å². The number of carbonyl (C=O) groups is 2. The van der Waals surface area contributed by atoms with Gasteiger partial charge in [-0.1, -0.05) is 13.8 Å². The molecule has 1 unspecified atom stereocenters. The van der Waals surface area contributed by atoms with Gasteiger partial charge in [0, 0.05) is 7.11 Å². The minimum atomic E-state index is -0.758. The highest BCUT2D eigenvalue weighted by atomic mass is 16.6. The fourth-order valence-corrected chi connectivity index (χ4v) is 1.54. The van der Waals surface area contributed by atoms with Crippen LogP contribution in [0.15, 0.2) is 0 Å². The Kier molecular flexibility index (Phi) is 2.71. The van der Waals surface area contributed by atoms with Gasteiger partial charge in [0.25, 0.3) is 0 Å². The SMILES string of the molecule is COCC1(C(C)C)CC(=O)OC1=O. The molecule has 1 aliphatic rings. The molecular formula is C9H14O4. The lowest BCUT2D eigenvalue weighted by atomic mass is 9.76. The van der Waals surface area contributed by atoms with Crippen LogP contribution in [-0.2, 0) is 19.1 Å². The molecule has 1 aliphatic heterocycles. The lowest BCUT2D eigenvalue weighted by Gasteiger charge is -2.26. The third-order valence-electron chi connectivity index (χ3n) is 2.58. The van der Waals surface area contributed by atoms with E-state index in [2.05, 4.69) is 4.74 Å². The maximum atomic E-state index is 11.4. The van der Waals surface area contributed by atoms with Gasteiger partial charge in [0.2, 0.25) is 0 Å². The van der Waals surface area contributed by atoms with Gasteiger partial charge < -0.3 is 9.47 Å². The van der Waals surface area contributed by atoms with E-state index in [4.69, 9.17) is 4.74 Å². The van der Waals surface area contributed by atoms with E-state index in [9.17, 15) is 9.59 Å². The van der Waals surface area contributed by atoms with Crippen LogP contribution in [0.25, 0.3) is 0 Å². The van der Waals surface area contributed by atoms with E-state index < -0.39 is 17.4 Å². The minimum Gasteiger partial charge on any atom is -0.393 e. The first-order chi connectivity index (χ1) is 6.03. The molecule has 1 atom stereocenters. The highest BCUT2D eigenvalue weighted by molar-refractivity contribution is 5.97. The Balaban J connectivity index is 2.90. The third kappa shape index (κ3) is 1.58. The van der Waals surface area contributed by atoms with Crippen molar-refractivity contribution in [2.24, 2.45) is 11.3 Å². The molecular weight excluding hydrogens is 172 g/mol. The molecule has 0 radical (unpaired) electrons. The smallest absolute Gasteiger partial charge is 0.322 e. The zero-order chi connectivity index (χ0) is 10.1. The van der Waals surface area contributed by atoms with E-state index in [-0.39, 0.29) is 18.9 Å². The standard InChI is InChI=1S/C9H14O4/c1-6(2)9(5-12-3)4-7(10)13-8(9)11/h6H,4-5H2,1-3H3. The van der Waals surface area contributed by atoms with E-state index in [1.165, 1.54) is 7.11 Å². The fraction of sp³-hybridized carbons (Fsp3) is 0.778. The zero-order valence-electron chi connectivity index (χ0n) is 8.12. The average molecular weight is 186 g/mol. The summed E-state index contributed by atoms with van der Waals surface area (Å²) in [6.07, 6.45) is 0.136. The second-order valence-electron chi connectivity index (χ2n) is 3.68. The Hall–Kier alpha value is -0.900. The number of hydrogen-bond donors (Lipinski definition) is 0. The van der Waals surface area contributed by atoms with E-state index in [0.29, 0.717) is 0 Å². The lowest BCUT2D eigenvalue weighted by molar-refractivity contribution is -0.157. The van der Waals surface area contributed by atoms with Gasteiger partial charge in [0.15, 0.2) is 0 Å². The van der Waals surface area contributed by atoms with Crippen LogP contribution in [0.2, 0.25) is 0 Å². The van der Waals surface area contributed by atoms with Crippen LogP contribution in [0.1, 0.15) is 20.3 Å². The summed E-state index contributed by atoms with van der Waals surface area (Å²) in [5.41, 5.74) is -0.758. The van der Waals surface area contributed by atoms with Crippen LogP contribution >= 0.6 is 0 Å².